The predicted molar refractivity (Wildman–Crippen MR) is 55.0 cm³/mol. The normalized spacial score (nSPS) is 25.2. The van der Waals surface area contributed by atoms with Gasteiger partial charge >= 0.3 is 0 Å². The van der Waals surface area contributed by atoms with Crippen molar-refractivity contribution in [1.82, 2.24) is 4.98 Å². The summed E-state index contributed by atoms with van der Waals surface area (Å²) in [5.41, 5.74) is 2.22. The maximum absolute atomic E-state index is 5.40. The molecule has 0 N–H and O–H groups in total. The topological polar surface area (TPSA) is 25.4 Å². The molecule has 1 unspecified atom stereocenters. The number of rotatable bonds is 1. The largest absolute Gasteiger partial charge is 0.365 e. The van der Waals surface area contributed by atoms with Crippen molar-refractivity contribution >= 4 is 10.9 Å². The van der Waals surface area contributed by atoms with Gasteiger partial charge in [-0.3, -0.25) is 4.98 Å². The van der Waals surface area contributed by atoms with Crippen LogP contribution in [0.15, 0.2) is 36.5 Å². The maximum atomic E-state index is 5.40. The van der Waals surface area contributed by atoms with Crippen LogP contribution in [0.2, 0.25) is 0 Å². The van der Waals surface area contributed by atoms with Gasteiger partial charge in [-0.15, -0.1) is 0 Å². The van der Waals surface area contributed by atoms with E-state index in [1.54, 1.807) is 0 Å². The smallest absolute Gasteiger partial charge is 0.114 e. The molecule has 0 bridgehead atoms. The van der Waals surface area contributed by atoms with Gasteiger partial charge in [0.1, 0.15) is 5.60 Å². The van der Waals surface area contributed by atoms with Crippen molar-refractivity contribution in [1.29, 1.82) is 0 Å². The molecule has 0 spiro atoms. The van der Waals surface area contributed by atoms with Crippen LogP contribution in [0.3, 0.4) is 0 Å². The van der Waals surface area contributed by atoms with E-state index in [9.17, 15) is 0 Å². The van der Waals surface area contributed by atoms with Crippen LogP contribution < -0.4 is 0 Å². The van der Waals surface area contributed by atoms with Crippen LogP contribution in [0.25, 0.3) is 10.9 Å². The number of hydrogen-bond donors (Lipinski definition) is 0. The lowest BCUT2D eigenvalue weighted by molar-refractivity contribution is 0.329. The summed E-state index contributed by atoms with van der Waals surface area (Å²) >= 11 is 0. The van der Waals surface area contributed by atoms with Gasteiger partial charge in [0.05, 0.1) is 12.1 Å². The Kier molecular flexibility index (Phi) is 1.45. The fourth-order valence-electron chi connectivity index (χ4n) is 1.67. The van der Waals surface area contributed by atoms with Crippen molar-refractivity contribution in [2.75, 3.05) is 6.61 Å². The van der Waals surface area contributed by atoms with Gasteiger partial charge in [0, 0.05) is 11.6 Å². The van der Waals surface area contributed by atoms with Gasteiger partial charge in [-0.25, -0.2) is 0 Å². The van der Waals surface area contributed by atoms with Crippen molar-refractivity contribution in [3.63, 3.8) is 0 Å². The Bertz CT molecular complexity index is 488. The molecule has 70 valence electrons. The Balaban J connectivity index is 2.20. The van der Waals surface area contributed by atoms with Gasteiger partial charge < -0.3 is 4.74 Å². The zero-order valence-corrected chi connectivity index (χ0v) is 8.03. The summed E-state index contributed by atoms with van der Waals surface area (Å²) in [6, 6.07) is 10.4. The van der Waals surface area contributed by atoms with Crippen molar-refractivity contribution in [2.45, 2.75) is 12.5 Å². The molecule has 2 nitrogen and oxygen atoms in total. The minimum absolute atomic E-state index is 0.0499. The molecule has 0 aliphatic carbocycles. The first-order valence-electron chi connectivity index (χ1n) is 4.77. The molecule has 0 saturated carbocycles. The second kappa shape index (κ2) is 2.55. The number of aromatic nitrogens is 1. The Morgan fingerprint density at radius 2 is 2.21 bits per heavy atom. The molecular formula is C12H11NO. The third-order valence-corrected chi connectivity index (χ3v) is 2.79. The van der Waals surface area contributed by atoms with Crippen LogP contribution in [0, 0.1) is 0 Å². The lowest BCUT2D eigenvalue weighted by Crippen LogP contribution is -2.01. The first kappa shape index (κ1) is 7.94. The van der Waals surface area contributed by atoms with Crippen LogP contribution in [-0.4, -0.2) is 11.6 Å². The molecule has 2 heteroatoms. The number of nitrogens with zero attached hydrogens (tertiary/aromatic N) is 1. The van der Waals surface area contributed by atoms with Gasteiger partial charge in [-0.05, 0) is 24.6 Å². The fraction of sp³-hybridized carbons (Fsp3) is 0.250. The van der Waals surface area contributed by atoms with Gasteiger partial charge in [0.15, 0.2) is 0 Å². The molecule has 1 aliphatic rings. The average Bonchev–Trinajstić information content (AvgIpc) is 2.97. The summed E-state index contributed by atoms with van der Waals surface area (Å²) in [5.74, 6) is 0. The number of epoxide rings is 1. The molecule has 1 aromatic carbocycles. The van der Waals surface area contributed by atoms with E-state index in [0.717, 1.165) is 12.1 Å². The molecule has 1 aliphatic heterocycles. The molecule has 2 aromatic rings. The Labute approximate surface area is 82.5 Å². The summed E-state index contributed by atoms with van der Waals surface area (Å²) in [7, 11) is 0. The van der Waals surface area contributed by atoms with Crippen LogP contribution in [0.1, 0.15) is 12.5 Å². The van der Waals surface area contributed by atoms with E-state index in [0.29, 0.717) is 0 Å². The lowest BCUT2D eigenvalue weighted by atomic mass is 10.0. The van der Waals surface area contributed by atoms with E-state index >= 15 is 0 Å². The average molecular weight is 185 g/mol. The molecule has 1 atom stereocenters. The fourth-order valence-corrected chi connectivity index (χ4v) is 1.67. The SMILES string of the molecule is CC1(c2ccc3cccnc3c2)CO1. The van der Waals surface area contributed by atoms with Crippen LogP contribution in [0.5, 0.6) is 0 Å². The molecule has 14 heavy (non-hydrogen) atoms. The molecule has 1 fully saturated rings. The summed E-state index contributed by atoms with van der Waals surface area (Å²) in [4.78, 5) is 4.33. The van der Waals surface area contributed by atoms with Gasteiger partial charge in [-0.2, -0.15) is 0 Å². The Morgan fingerprint density at radius 1 is 1.36 bits per heavy atom. The lowest BCUT2D eigenvalue weighted by Gasteiger charge is -2.05. The number of fused-ring (bicyclic) bond motifs is 1. The molecular weight excluding hydrogens is 174 g/mol. The number of hydrogen-bond acceptors (Lipinski definition) is 2. The molecule has 1 saturated heterocycles. The predicted octanol–water partition coefficient (Wildman–Crippen LogP) is 2.48. The van der Waals surface area contributed by atoms with E-state index in [1.165, 1.54) is 10.9 Å². The van der Waals surface area contributed by atoms with Crippen molar-refractivity contribution < 1.29 is 4.74 Å². The monoisotopic (exact) mass is 185 g/mol. The Hall–Kier alpha value is -1.41. The molecule has 1 aromatic heterocycles. The summed E-state index contributed by atoms with van der Waals surface area (Å²) in [5, 5.41) is 1.18. The third kappa shape index (κ3) is 1.11. The molecule has 2 heterocycles. The van der Waals surface area contributed by atoms with Crippen LogP contribution in [0.4, 0.5) is 0 Å². The van der Waals surface area contributed by atoms with E-state index in [1.807, 2.05) is 12.3 Å². The minimum Gasteiger partial charge on any atom is -0.365 e. The van der Waals surface area contributed by atoms with E-state index < -0.39 is 0 Å². The summed E-state index contributed by atoms with van der Waals surface area (Å²) in [6.07, 6.45) is 1.82. The van der Waals surface area contributed by atoms with Gasteiger partial charge in [-0.1, -0.05) is 18.2 Å². The quantitative estimate of drug-likeness (QED) is 0.638. The second-order valence-electron chi connectivity index (χ2n) is 3.93. The first-order valence-corrected chi connectivity index (χ1v) is 4.77. The molecule has 0 radical (unpaired) electrons. The van der Waals surface area contributed by atoms with Crippen molar-refractivity contribution in [3.05, 3.63) is 42.1 Å². The standard InChI is InChI=1S/C12H11NO/c1-12(8-14-12)10-5-4-9-3-2-6-13-11(9)7-10/h2-7H,8H2,1H3. The molecule has 0 amide bonds. The highest BCUT2D eigenvalue weighted by molar-refractivity contribution is 5.79. The first-order chi connectivity index (χ1) is 6.78. The molecule has 3 rings (SSSR count). The summed E-state index contributed by atoms with van der Waals surface area (Å²) < 4.78 is 5.40. The highest BCUT2D eigenvalue weighted by Crippen LogP contribution is 2.38. The number of pyridine rings is 1. The van der Waals surface area contributed by atoms with E-state index in [-0.39, 0.29) is 5.60 Å². The summed E-state index contributed by atoms with van der Waals surface area (Å²) in [6.45, 7) is 2.93. The second-order valence-corrected chi connectivity index (χ2v) is 3.93. The van der Waals surface area contributed by atoms with Gasteiger partial charge in [0.2, 0.25) is 0 Å². The number of benzene rings is 1. The van der Waals surface area contributed by atoms with Crippen molar-refractivity contribution in [3.8, 4) is 0 Å². The van der Waals surface area contributed by atoms with E-state index in [4.69, 9.17) is 4.74 Å². The zero-order chi connectivity index (χ0) is 9.60. The maximum Gasteiger partial charge on any atom is 0.114 e. The van der Waals surface area contributed by atoms with Gasteiger partial charge in [0.25, 0.3) is 0 Å². The number of ether oxygens (including phenoxy) is 1. The Morgan fingerprint density at radius 3 is 3.00 bits per heavy atom. The third-order valence-electron chi connectivity index (χ3n) is 2.79. The minimum atomic E-state index is -0.0499. The van der Waals surface area contributed by atoms with Crippen LogP contribution in [-0.2, 0) is 10.3 Å². The van der Waals surface area contributed by atoms with E-state index in [2.05, 4.69) is 36.2 Å². The van der Waals surface area contributed by atoms with Crippen LogP contribution >= 0.6 is 0 Å². The zero-order valence-electron chi connectivity index (χ0n) is 8.03. The highest BCUT2D eigenvalue weighted by atomic mass is 16.6. The van der Waals surface area contributed by atoms with Crippen molar-refractivity contribution in [2.24, 2.45) is 0 Å². The highest BCUT2D eigenvalue weighted by Gasteiger charge is 2.41.